The van der Waals surface area contributed by atoms with Crippen molar-refractivity contribution in [1.82, 2.24) is 9.80 Å². The van der Waals surface area contributed by atoms with E-state index in [4.69, 9.17) is 16.3 Å². The SMILES string of the molecule is CN(C)CCN1C(=O)C(=O)/C(=C(\O)c2ccc3c(c2)CCO3)C1c1ccc(O)c(Cl)c1. The molecule has 2 aromatic carbocycles. The largest absolute Gasteiger partial charge is 0.507 e. The fraction of sp³-hybridized carbons (Fsp3) is 0.304. The van der Waals surface area contributed by atoms with Crippen molar-refractivity contribution < 1.29 is 24.5 Å². The molecule has 1 atom stereocenters. The summed E-state index contributed by atoms with van der Waals surface area (Å²) in [5.74, 6) is -1.02. The zero-order valence-electron chi connectivity index (χ0n) is 17.3. The molecule has 1 amide bonds. The number of Topliss-reactive ketones (excluding diaryl/α,β-unsaturated/α-hetero) is 1. The topological polar surface area (TPSA) is 90.3 Å². The van der Waals surface area contributed by atoms with E-state index in [1.807, 2.05) is 19.0 Å². The number of ketones is 1. The lowest BCUT2D eigenvalue weighted by Crippen LogP contribution is -2.35. The Kier molecular flexibility index (Phi) is 5.64. The van der Waals surface area contributed by atoms with Crippen molar-refractivity contribution in [3.63, 3.8) is 0 Å². The maximum Gasteiger partial charge on any atom is 0.295 e. The second-order valence-electron chi connectivity index (χ2n) is 7.93. The third-order valence-electron chi connectivity index (χ3n) is 5.58. The minimum Gasteiger partial charge on any atom is -0.507 e. The summed E-state index contributed by atoms with van der Waals surface area (Å²) in [7, 11) is 3.74. The van der Waals surface area contributed by atoms with Gasteiger partial charge in [-0.05, 0) is 55.6 Å². The van der Waals surface area contributed by atoms with Gasteiger partial charge in [-0.1, -0.05) is 17.7 Å². The Labute approximate surface area is 185 Å². The smallest absolute Gasteiger partial charge is 0.295 e. The lowest BCUT2D eigenvalue weighted by Gasteiger charge is -2.26. The van der Waals surface area contributed by atoms with Crippen LogP contribution >= 0.6 is 11.6 Å². The Hall–Kier alpha value is -3.03. The molecule has 1 unspecified atom stereocenters. The highest BCUT2D eigenvalue weighted by Gasteiger charge is 2.46. The molecule has 7 nitrogen and oxygen atoms in total. The molecule has 0 bridgehead atoms. The van der Waals surface area contributed by atoms with E-state index in [2.05, 4.69) is 0 Å². The van der Waals surface area contributed by atoms with Gasteiger partial charge in [0.05, 0.1) is 23.2 Å². The summed E-state index contributed by atoms with van der Waals surface area (Å²) < 4.78 is 5.51. The van der Waals surface area contributed by atoms with Crippen LogP contribution < -0.4 is 4.74 Å². The van der Waals surface area contributed by atoms with Crippen molar-refractivity contribution in [3.05, 3.63) is 63.7 Å². The molecule has 2 N–H and O–H groups in total. The van der Waals surface area contributed by atoms with E-state index in [9.17, 15) is 19.8 Å². The molecule has 2 aliphatic rings. The first kappa shape index (κ1) is 21.2. The third-order valence-corrected chi connectivity index (χ3v) is 5.88. The van der Waals surface area contributed by atoms with Crippen LogP contribution in [-0.2, 0) is 16.0 Å². The molecular weight excluding hydrogens is 420 g/mol. The summed E-state index contributed by atoms with van der Waals surface area (Å²) in [6.45, 7) is 1.39. The molecular formula is C23H23ClN2O5. The molecule has 4 rings (SSSR count). The number of aliphatic hydroxyl groups excluding tert-OH is 1. The quantitative estimate of drug-likeness (QED) is 0.420. The van der Waals surface area contributed by atoms with Crippen LogP contribution in [0.1, 0.15) is 22.7 Å². The minimum absolute atomic E-state index is 0.00405. The van der Waals surface area contributed by atoms with Crippen molar-refractivity contribution >= 4 is 29.1 Å². The van der Waals surface area contributed by atoms with E-state index < -0.39 is 17.7 Å². The van der Waals surface area contributed by atoms with Gasteiger partial charge in [0.15, 0.2) is 0 Å². The molecule has 1 fully saturated rings. The molecule has 2 aliphatic heterocycles. The van der Waals surface area contributed by atoms with Crippen LogP contribution in [0.4, 0.5) is 0 Å². The number of phenols is 1. The van der Waals surface area contributed by atoms with Crippen molar-refractivity contribution in [2.45, 2.75) is 12.5 Å². The summed E-state index contributed by atoms with van der Waals surface area (Å²) in [5.41, 5.74) is 1.93. The summed E-state index contributed by atoms with van der Waals surface area (Å²) in [4.78, 5) is 29.3. The minimum atomic E-state index is -0.817. The van der Waals surface area contributed by atoms with Crippen molar-refractivity contribution in [1.29, 1.82) is 0 Å². The number of carbonyl (C=O) groups is 2. The van der Waals surface area contributed by atoms with Gasteiger partial charge in [0.1, 0.15) is 17.3 Å². The molecule has 0 aromatic heterocycles. The molecule has 2 heterocycles. The molecule has 31 heavy (non-hydrogen) atoms. The summed E-state index contributed by atoms with van der Waals surface area (Å²) >= 11 is 6.11. The number of hydrogen-bond acceptors (Lipinski definition) is 6. The first-order valence-corrected chi connectivity index (χ1v) is 10.3. The monoisotopic (exact) mass is 442 g/mol. The zero-order valence-corrected chi connectivity index (χ0v) is 18.0. The van der Waals surface area contributed by atoms with Gasteiger partial charge in [-0.3, -0.25) is 9.59 Å². The Morgan fingerprint density at radius 2 is 2.00 bits per heavy atom. The number of benzene rings is 2. The number of ether oxygens (including phenoxy) is 1. The summed E-state index contributed by atoms with van der Waals surface area (Å²) in [6.07, 6.45) is 0.713. The number of aliphatic hydroxyl groups is 1. The number of nitrogens with zero attached hydrogens (tertiary/aromatic N) is 2. The highest BCUT2D eigenvalue weighted by atomic mass is 35.5. The number of amides is 1. The van der Waals surface area contributed by atoms with Gasteiger partial charge in [0.2, 0.25) is 0 Å². The molecule has 0 saturated carbocycles. The van der Waals surface area contributed by atoms with Gasteiger partial charge in [-0.2, -0.15) is 0 Å². The number of carbonyl (C=O) groups excluding carboxylic acids is 2. The third kappa shape index (κ3) is 3.86. The number of halogens is 1. The first-order chi connectivity index (χ1) is 14.8. The second kappa shape index (κ2) is 8.24. The summed E-state index contributed by atoms with van der Waals surface area (Å²) in [6, 6.07) is 8.92. The standard InChI is InChI=1S/C23H23ClN2O5/c1-25(2)8-9-26-20(14-3-5-17(27)16(24)12-14)19(22(29)23(26)30)21(28)15-4-6-18-13(11-15)7-10-31-18/h3-6,11-12,20,27-28H,7-10H2,1-2H3/b21-19-. The highest BCUT2D eigenvalue weighted by Crippen LogP contribution is 2.41. The van der Waals surface area contributed by atoms with E-state index in [1.165, 1.54) is 17.0 Å². The fourth-order valence-corrected chi connectivity index (χ4v) is 4.14. The molecule has 0 radical (unpaired) electrons. The van der Waals surface area contributed by atoms with Crippen LogP contribution in [0.5, 0.6) is 11.5 Å². The van der Waals surface area contributed by atoms with Crippen LogP contribution in [-0.4, -0.2) is 65.5 Å². The van der Waals surface area contributed by atoms with Crippen molar-refractivity contribution in [2.24, 2.45) is 0 Å². The van der Waals surface area contributed by atoms with Crippen molar-refractivity contribution in [3.8, 4) is 11.5 Å². The van der Waals surface area contributed by atoms with Gasteiger partial charge in [-0.25, -0.2) is 0 Å². The van der Waals surface area contributed by atoms with Crippen LogP contribution in [0, 0.1) is 0 Å². The Bertz CT molecular complexity index is 1100. The zero-order chi connectivity index (χ0) is 22.3. The van der Waals surface area contributed by atoms with Crippen LogP contribution in [0.2, 0.25) is 5.02 Å². The maximum atomic E-state index is 13.0. The van der Waals surface area contributed by atoms with E-state index in [-0.39, 0.29) is 28.6 Å². The average molecular weight is 443 g/mol. The van der Waals surface area contributed by atoms with Gasteiger partial charge in [-0.15, -0.1) is 0 Å². The summed E-state index contributed by atoms with van der Waals surface area (Å²) in [5, 5.41) is 21.1. The van der Waals surface area contributed by atoms with E-state index >= 15 is 0 Å². The number of hydrogen-bond donors (Lipinski definition) is 2. The van der Waals surface area contributed by atoms with Gasteiger partial charge in [0, 0.05) is 25.1 Å². The molecule has 0 aliphatic carbocycles. The molecule has 1 saturated heterocycles. The first-order valence-electron chi connectivity index (χ1n) is 9.95. The maximum absolute atomic E-state index is 13.0. The van der Waals surface area contributed by atoms with Crippen LogP contribution in [0.25, 0.3) is 5.76 Å². The number of likely N-dealkylation sites (tertiary alicyclic amines) is 1. The highest BCUT2D eigenvalue weighted by molar-refractivity contribution is 6.46. The van der Waals surface area contributed by atoms with Crippen molar-refractivity contribution in [2.75, 3.05) is 33.8 Å². The van der Waals surface area contributed by atoms with Gasteiger partial charge < -0.3 is 24.7 Å². The number of aromatic hydroxyl groups is 1. The Morgan fingerprint density at radius 1 is 1.23 bits per heavy atom. The Balaban J connectivity index is 1.84. The molecule has 0 spiro atoms. The van der Waals surface area contributed by atoms with E-state index in [0.29, 0.717) is 30.7 Å². The molecule has 8 heteroatoms. The van der Waals surface area contributed by atoms with E-state index in [0.717, 1.165) is 11.3 Å². The predicted molar refractivity (Wildman–Crippen MR) is 116 cm³/mol. The number of phenolic OH excluding ortho intramolecular Hbond substituents is 1. The fourth-order valence-electron chi connectivity index (χ4n) is 3.95. The average Bonchev–Trinajstić information content (AvgIpc) is 3.30. The molecule has 162 valence electrons. The molecule has 2 aromatic rings. The lowest BCUT2D eigenvalue weighted by molar-refractivity contribution is -0.140. The predicted octanol–water partition coefficient (Wildman–Crippen LogP) is 2.96. The Morgan fingerprint density at radius 3 is 2.71 bits per heavy atom. The normalized spacial score (nSPS) is 19.7. The number of fused-ring (bicyclic) bond motifs is 1. The number of rotatable bonds is 5. The van der Waals surface area contributed by atoms with Crippen LogP contribution in [0.15, 0.2) is 42.0 Å². The van der Waals surface area contributed by atoms with Gasteiger partial charge >= 0.3 is 0 Å². The van der Waals surface area contributed by atoms with E-state index in [1.54, 1.807) is 24.3 Å². The lowest BCUT2D eigenvalue weighted by atomic mass is 9.94. The second-order valence-corrected chi connectivity index (χ2v) is 8.33. The van der Waals surface area contributed by atoms with Crippen LogP contribution in [0.3, 0.4) is 0 Å². The van der Waals surface area contributed by atoms with Gasteiger partial charge in [0.25, 0.3) is 11.7 Å². The number of likely N-dealkylation sites (N-methyl/N-ethyl adjacent to an activating group) is 1.